The normalized spacial score (nSPS) is 10.5. The van der Waals surface area contributed by atoms with E-state index in [2.05, 4.69) is 4.98 Å². The lowest BCUT2D eigenvalue weighted by molar-refractivity contribution is -0.120. The first-order valence-electron chi connectivity index (χ1n) is 7.87. The second-order valence-corrected chi connectivity index (χ2v) is 6.53. The maximum atomic E-state index is 12.5. The molecular formula is C19H17ClN2O2S. The molecule has 1 heterocycles. The SMILES string of the molecule is CCN(C(=O)COc1ccc(Cl)cc1)c1nc(-c2ccccc2)cs1. The van der Waals surface area contributed by atoms with Gasteiger partial charge in [-0.3, -0.25) is 9.69 Å². The van der Waals surface area contributed by atoms with Crippen molar-refractivity contribution in [3.8, 4) is 17.0 Å². The maximum absolute atomic E-state index is 12.5. The Bertz CT molecular complexity index is 834. The average Bonchev–Trinajstić information content (AvgIpc) is 3.12. The number of anilines is 1. The second-order valence-electron chi connectivity index (χ2n) is 5.26. The van der Waals surface area contributed by atoms with E-state index >= 15 is 0 Å². The van der Waals surface area contributed by atoms with Crippen LogP contribution < -0.4 is 9.64 Å². The number of rotatable bonds is 6. The van der Waals surface area contributed by atoms with Gasteiger partial charge in [-0.25, -0.2) is 4.98 Å². The van der Waals surface area contributed by atoms with Gasteiger partial charge in [-0.15, -0.1) is 11.3 Å². The summed E-state index contributed by atoms with van der Waals surface area (Å²) in [6.07, 6.45) is 0. The highest BCUT2D eigenvalue weighted by atomic mass is 35.5. The standard InChI is InChI=1S/C19H17ClN2O2S/c1-2-22(18(23)12-24-16-10-8-15(20)9-11-16)19-21-17(13-25-19)14-6-4-3-5-7-14/h3-11,13H,2,12H2,1H3. The number of carbonyl (C=O) groups is 1. The van der Waals surface area contributed by atoms with Gasteiger partial charge in [0.05, 0.1) is 5.69 Å². The van der Waals surface area contributed by atoms with Crippen molar-refractivity contribution in [2.24, 2.45) is 0 Å². The van der Waals surface area contributed by atoms with Gasteiger partial charge in [-0.05, 0) is 31.2 Å². The lowest BCUT2D eigenvalue weighted by atomic mass is 10.2. The summed E-state index contributed by atoms with van der Waals surface area (Å²) in [6, 6.07) is 16.8. The van der Waals surface area contributed by atoms with Crippen molar-refractivity contribution >= 4 is 34.0 Å². The minimum absolute atomic E-state index is 0.0459. The van der Waals surface area contributed by atoms with Crippen LogP contribution in [0, 0.1) is 0 Å². The Kier molecular flexibility index (Phi) is 5.68. The lowest BCUT2D eigenvalue weighted by Crippen LogP contribution is -2.34. The van der Waals surface area contributed by atoms with Crippen LogP contribution >= 0.6 is 22.9 Å². The number of hydrogen-bond acceptors (Lipinski definition) is 4. The van der Waals surface area contributed by atoms with Crippen molar-refractivity contribution in [3.63, 3.8) is 0 Å². The number of nitrogens with zero attached hydrogens (tertiary/aromatic N) is 2. The Morgan fingerprint density at radius 3 is 2.56 bits per heavy atom. The number of carbonyl (C=O) groups excluding carboxylic acids is 1. The summed E-state index contributed by atoms with van der Waals surface area (Å²) < 4.78 is 5.55. The van der Waals surface area contributed by atoms with Gasteiger partial charge >= 0.3 is 0 Å². The molecule has 0 radical (unpaired) electrons. The first-order chi connectivity index (χ1) is 12.2. The van der Waals surface area contributed by atoms with Gasteiger partial charge in [0.2, 0.25) is 0 Å². The topological polar surface area (TPSA) is 42.4 Å². The average molecular weight is 373 g/mol. The highest BCUT2D eigenvalue weighted by Gasteiger charge is 2.18. The van der Waals surface area contributed by atoms with Crippen LogP contribution in [0.15, 0.2) is 60.0 Å². The third-order valence-corrected chi connectivity index (χ3v) is 4.70. The predicted molar refractivity (Wildman–Crippen MR) is 103 cm³/mol. The molecule has 0 aliphatic heterocycles. The molecule has 3 rings (SSSR count). The largest absolute Gasteiger partial charge is 0.484 e. The third-order valence-electron chi connectivity index (χ3n) is 3.59. The van der Waals surface area contributed by atoms with Crippen molar-refractivity contribution in [1.82, 2.24) is 4.98 Å². The Morgan fingerprint density at radius 1 is 1.16 bits per heavy atom. The summed E-state index contributed by atoms with van der Waals surface area (Å²) in [6.45, 7) is 2.41. The molecule has 1 amide bonds. The van der Waals surface area contributed by atoms with E-state index in [1.807, 2.05) is 42.6 Å². The Morgan fingerprint density at radius 2 is 1.88 bits per heavy atom. The first kappa shape index (κ1) is 17.5. The summed E-state index contributed by atoms with van der Waals surface area (Å²) in [5.41, 5.74) is 1.90. The van der Waals surface area contributed by atoms with Crippen LogP contribution in [-0.2, 0) is 4.79 Å². The van der Waals surface area contributed by atoms with Gasteiger partial charge in [0.15, 0.2) is 11.7 Å². The monoisotopic (exact) mass is 372 g/mol. The molecule has 6 heteroatoms. The zero-order valence-electron chi connectivity index (χ0n) is 13.7. The highest BCUT2D eigenvalue weighted by molar-refractivity contribution is 7.14. The van der Waals surface area contributed by atoms with E-state index in [0.29, 0.717) is 22.4 Å². The lowest BCUT2D eigenvalue weighted by Gasteiger charge is -2.18. The van der Waals surface area contributed by atoms with Crippen LogP contribution in [-0.4, -0.2) is 24.0 Å². The fraction of sp³-hybridized carbons (Fsp3) is 0.158. The molecule has 0 saturated carbocycles. The quantitative estimate of drug-likeness (QED) is 0.618. The summed E-state index contributed by atoms with van der Waals surface area (Å²) in [7, 11) is 0. The van der Waals surface area contributed by atoms with Crippen LogP contribution in [0.25, 0.3) is 11.3 Å². The van der Waals surface area contributed by atoms with Gasteiger partial charge < -0.3 is 4.74 Å². The minimum atomic E-state index is -0.133. The van der Waals surface area contributed by atoms with Gasteiger partial charge in [0.1, 0.15) is 5.75 Å². The summed E-state index contributed by atoms with van der Waals surface area (Å²) >= 11 is 7.29. The van der Waals surface area contributed by atoms with E-state index in [1.54, 1.807) is 29.2 Å². The number of aromatic nitrogens is 1. The third kappa shape index (κ3) is 4.38. The van der Waals surface area contributed by atoms with Crippen molar-refractivity contribution in [1.29, 1.82) is 0 Å². The predicted octanol–water partition coefficient (Wildman–Crippen LogP) is 4.90. The van der Waals surface area contributed by atoms with Crippen LogP contribution in [0.4, 0.5) is 5.13 Å². The molecule has 1 aromatic heterocycles. The molecule has 128 valence electrons. The fourth-order valence-corrected chi connectivity index (χ4v) is 3.34. The van der Waals surface area contributed by atoms with E-state index < -0.39 is 0 Å². The molecule has 0 saturated heterocycles. The molecule has 0 atom stereocenters. The van der Waals surface area contributed by atoms with Crippen molar-refractivity contribution in [3.05, 3.63) is 65.0 Å². The highest BCUT2D eigenvalue weighted by Crippen LogP contribution is 2.27. The molecule has 0 N–H and O–H groups in total. The summed E-state index contributed by atoms with van der Waals surface area (Å²) in [4.78, 5) is 18.7. The fourth-order valence-electron chi connectivity index (χ4n) is 2.30. The second kappa shape index (κ2) is 8.14. The number of hydrogen-bond donors (Lipinski definition) is 0. The number of ether oxygens (including phenoxy) is 1. The van der Waals surface area contributed by atoms with Crippen LogP contribution in [0.5, 0.6) is 5.75 Å². The van der Waals surface area contributed by atoms with Crippen LogP contribution in [0.3, 0.4) is 0 Å². The van der Waals surface area contributed by atoms with E-state index in [1.165, 1.54) is 11.3 Å². The van der Waals surface area contributed by atoms with Gasteiger partial charge in [0.25, 0.3) is 5.91 Å². The van der Waals surface area contributed by atoms with Crippen molar-refractivity contribution < 1.29 is 9.53 Å². The molecular weight excluding hydrogens is 356 g/mol. The molecule has 0 bridgehead atoms. The maximum Gasteiger partial charge on any atom is 0.266 e. The molecule has 4 nitrogen and oxygen atoms in total. The van der Waals surface area contributed by atoms with E-state index in [-0.39, 0.29) is 12.5 Å². The molecule has 0 spiro atoms. The molecule has 3 aromatic rings. The van der Waals surface area contributed by atoms with Crippen LogP contribution in [0.1, 0.15) is 6.92 Å². The summed E-state index contributed by atoms with van der Waals surface area (Å²) in [5, 5.41) is 3.26. The molecule has 25 heavy (non-hydrogen) atoms. The minimum Gasteiger partial charge on any atom is -0.484 e. The first-order valence-corrected chi connectivity index (χ1v) is 9.13. The van der Waals surface area contributed by atoms with Gasteiger partial charge in [-0.2, -0.15) is 0 Å². The van der Waals surface area contributed by atoms with Gasteiger partial charge in [0, 0.05) is 22.5 Å². The van der Waals surface area contributed by atoms with Crippen LogP contribution in [0.2, 0.25) is 5.02 Å². The Balaban J connectivity index is 1.68. The zero-order chi connectivity index (χ0) is 17.6. The Hall–Kier alpha value is -2.37. The number of halogens is 1. The molecule has 0 fully saturated rings. The van der Waals surface area contributed by atoms with E-state index in [9.17, 15) is 4.79 Å². The number of amides is 1. The van der Waals surface area contributed by atoms with E-state index in [0.717, 1.165) is 11.3 Å². The molecule has 0 aliphatic rings. The number of benzene rings is 2. The number of thiazole rings is 1. The van der Waals surface area contributed by atoms with Crippen molar-refractivity contribution in [2.75, 3.05) is 18.1 Å². The van der Waals surface area contributed by atoms with Gasteiger partial charge in [-0.1, -0.05) is 41.9 Å². The van der Waals surface area contributed by atoms with Crippen molar-refractivity contribution in [2.45, 2.75) is 6.92 Å². The Labute approximate surface area is 155 Å². The van der Waals surface area contributed by atoms with E-state index in [4.69, 9.17) is 16.3 Å². The molecule has 0 aliphatic carbocycles. The smallest absolute Gasteiger partial charge is 0.266 e. The molecule has 2 aromatic carbocycles. The molecule has 0 unspecified atom stereocenters. The summed E-state index contributed by atoms with van der Waals surface area (Å²) in [5.74, 6) is 0.476. The number of likely N-dealkylation sites (N-methyl/N-ethyl adjacent to an activating group) is 1. The zero-order valence-corrected chi connectivity index (χ0v) is 15.3.